The van der Waals surface area contributed by atoms with Crippen LogP contribution in [0.5, 0.6) is 11.5 Å². The summed E-state index contributed by atoms with van der Waals surface area (Å²) in [6, 6.07) is 15.5. The molecule has 0 saturated carbocycles. The number of phenolic OH excluding ortho intramolecular Hbond substituents is 1. The van der Waals surface area contributed by atoms with Crippen LogP contribution in [0.4, 0.5) is 0 Å². The smallest absolute Gasteiger partial charge is 0.344 e. The van der Waals surface area contributed by atoms with E-state index >= 15 is 0 Å². The minimum atomic E-state index is -0.362. The van der Waals surface area contributed by atoms with E-state index in [1.165, 1.54) is 5.56 Å². The monoisotopic (exact) mass is 357 g/mol. The van der Waals surface area contributed by atoms with Crippen LogP contribution in [-0.4, -0.2) is 36.9 Å². The molecule has 5 heteroatoms. The molecule has 0 fully saturated rings. The van der Waals surface area contributed by atoms with Crippen molar-refractivity contribution in [1.82, 2.24) is 5.32 Å². The molecule has 2 aromatic rings. The van der Waals surface area contributed by atoms with Gasteiger partial charge in [-0.1, -0.05) is 30.3 Å². The summed E-state index contributed by atoms with van der Waals surface area (Å²) in [5, 5.41) is 13.2. The van der Waals surface area contributed by atoms with Gasteiger partial charge in [-0.2, -0.15) is 0 Å². The van der Waals surface area contributed by atoms with Crippen molar-refractivity contribution in [2.24, 2.45) is 0 Å². The summed E-state index contributed by atoms with van der Waals surface area (Å²) >= 11 is 0. The number of ether oxygens (including phenoxy) is 2. The van der Waals surface area contributed by atoms with E-state index in [1.807, 2.05) is 42.5 Å². The number of para-hydroxylation sites is 1. The summed E-state index contributed by atoms with van der Waals surface area (Å²) in [7, 11) is 0. The molecule has 0 heterocycles. The van der Waals surface area contributed by atoms with Crippen molar-refractivity contribution in [3.63, 3.8) is 0 Å². The molecule has 5 nitrogen and oxygen atoms in total. The fourth-order valence-corrected chi connectivity index (χ4v) is 2.67. The Kier molecular flexibility index (Phi) is 7.96. The number of phenols is 1. The second kappa shape index (κ2) is 10.5. The average molecular weight is 357 g/mol. The molecule has 2 aromatic carbocycles. The van der Waals surface area contributed by atoms with Gasteiger partial charge in [0.15, 0.2) is 6.61 Å². The summed E-state index contributed by atoms with van der Waals surface area (Å²) in [5.41, 5.74) is 2.14. The summed E-state index contributed by atoms with van der Waals surface area (Å²) in [4.78, 5) is 11.3. The minimum Gasteiger partial charge on any atom is -0.508 e. The summed E-state index contributed by atoms with van der Waals surface area (Å²) in [5.74, 6) is 0.640. The van der Waals surface area contributed by atoms with Crippen LogP contribution in [0.25, 0.3) is 0 Å². The van der Waals surface area contributed by atoms with Gasteiger partial charge in [-0.05, 0) is 62.6 Å². The fraction of sp³-hybridized carbons (Fsp3) is 0.381. The van der Waals surface area contributed by atoms with Crippen molar-refractivity contribution in [1.29, 1.82) is 0 Å². The molecule has 2 N–H and O–H groups in total. The highest BCUT2D eigenvalue weighted by atomic mass is 16.6. The molecule has 0 aromatic heterocycles. The Morgan fingerprint density at radius 1 is 1.15 bits per heavy atom. The zero-order valence-corrected chi connectivity index (χ0v) is 15.4. The number of rotatable bonds is 10. The minimum absolute atomic E-state index is 0.0719. The first-order chi connectivity index (χ1) is 12.6. The molecular weight excluding hydrogens is 330 g/mol. The predicted molar refractivity (Wildman–Crippen MR) is 102 cm³/mol. The number of nitrogens with one attached hydrogen (secondary N) is 1. The lowest BCUT2D eigenvalue weighted by Gasteiger charge is -2.14. The molecule has 0 aliphatic carbocycles. The Bertz CT molecular complexity index is 685. The highest BCUT2D eigenvalue weighted by Gasteiger charge is 2.06. The van der Waals surface area contributed by atoms with Gasteiger partial charge in [0, 0.05) is 6.04 Å². The van der Waals surface area contributed by atoms with Gasteiger partial charge in [0.1, 0.15) is 11.5 Å². The SMILES string of the molecule is CCOC(=O)COc1ccc(CC(C)NCCc2ccccc2O)cc1. The van der Waals surface area contributed by atoms with E-state index in [2.05, 4.69) is 12.2 Å². The maximum absolute atomic E-state index is 11.3. The molecule has 1 unspecified atom stereocenters. The number of aromatic hydroxyl groups is 1. The lowest BCUT2D eigenvalue weighted by molar-refractivity contribution is -0.145. The number of esters is 1. The van der Waals surface area contributed by atoms with Gasteiger partial charge >= 0.3 is 5.97 Å². The van der Waals surface area contributed by atoms with Gasteiger partial charge in [0.25, 0.3) is 0 Å². The van der Waals surface area contributed by atoms with Gasteiger partial charge in [-0.15, -0.1) is 0 Å². The van der Waals surface area contributed by atoms with Gasteiger partial charge in [0.2, 0.25) is 0 Å². The molecule has 140 valence electrons. The number of hydrogen-bond donors (Lipinski definition) is 2. The molecular formula is C21H27NO4. The van der Waals surface area contributed by atoms with Crippen molar-refractivity contribution in [3.8, 4) is 11.5 Å². The Labute approximate surface area is 155 Å². The second-order valence-electron chi connectivity index (χ2n) is 6.18. The highest BCUT2D eigenvalue weighted by molar-refractivity contribution is 5.71. The van der Waals surface area contributed by atoms with Gasteiger partial charge in [-0.3, -0.25) is 0 Å². The number of hydrogen-bond acceptors (Lipinski definition) is 5. The molecule has 0 aliphatic rings. The fourth-order valence-electron chi connectivity index (χ4n) is 2.67. The van der Waals surface area contributed by atoms with Gasteiger partial charge < -0.3 is 19.9 Å². The normalized spacial score (nSPS) is 11.8. The molecule has 0 aliphatic heterocycles. The Morgan fingerprint density at radius 3 is 2.58 bits per heavy atom. The van der Waals surface area contributed by atoms with Crippen LogP contribution in [-0.2, 0) is 22.4 Å². The van der Waals surface area contributed by atoms with E-state index in [0.717, 1.165) is 24.9 Å². The van der Waals surface area contributed by atoms with Crippen LogP contribution in [0, 0.1) is 0 Å². The van der Waals surface area contributed by atoms with Crippen LogP contribution in [0.1, 0.15) is 25.0 Å². The third-order valence-electron chi connectivity index (χ3n) is 4.01. The zero-order valence-electron chi connectivity index (χ0n) is 15.4. The van der Waals surface area contributed by atoms with Crippen LogP contribution in [0.15, 0.2) is 48.5 Å². The van der Waals surface area contributed by atoms with Gasteiger partial charge in [0.05, 0.1) is 6.61 Å². The van der Waals surface area contributed by atoms with Crippen LogP contribution < -0.4 is 10.1 Å². The Balaban J connectivity index is 1.72. The maximum Gasteiger partial charge on any atom is 0.344 e. The largest absolute Gasteiger partial charge is 0.508 e. The van der Waals surface area contributed by atoms with Crippen molar-refractivity contribution >= 4 is 5.97 Å². The Morgan fingerprint density at radius 2 is 1.88 bits per heavy atom. The molecule has 0 saturated heterocycles. The third-order valence-corrected chi connectivity index (χ3v) is 4.01. The van der Waals surface area contributed by atoms with Crippen LogP contribution in [0.3, 0.4) is 0 Å². The molecule has 0 spiro atoms. The lowest BCUT2D eigenvalue weighted by atomic mass is 10.1. The van der Waals surface area contributed by atoms with Crippen molar-refractivity contribution in [2.75, 3.05) is 19.8 Å². The van der Waals surface area contributed by atoms with E-state index in [-0.39, 0.29) is 12.6 Å². The predicted octanol–water partition coefficient (Wildman–Crippen LogP) is 3.10. The lowest BCUT2D eigenvalue weighted by Crippen LogP contribution is -2.30. The van der Waals surface area contributed by atoms with E-state index < -0.39 is 0 Å². The van der Waals surface area contributed by atoms with E-state index in [1.54, 1.807) is 13.0 Å². The summed E-state index contributed by atoms with van der Waals surface area (Å²) in [6.07, 6.45) is 1.68. The summed E-state index contributed by atoms with van der Waals surface area (Å²) < 4.78 is 10.2. The van der Waals surface area contributed by atoms with Crippen molar-refractivity contribution in [2.45, 2.75) is 32.7 Å². The number of carbonyl (C=O) groups is 1. The average Bonchev–Trinajstić information content (AvgIpc) is 2.63. The molecule has 0 amide bonds. The number of benzene rings is 2. The summed E-state index contributed by atoms with van der Waals surface area (Å²) in [6.45, 7) is 4.99. The quantitative estimate of drug-likeness (QED) is 0.640. The molecule has 1 atom stereocenters. The van der Waals surface area contributed by atoms with Crippen molar-refractivity contribution < 1.29 is 19.4 Å². The second-order valence-corrected chi connectivity index (χ2v) is 6.18. The Hall–Kier alpha value is -2.53. The van der Waals surface area contributed by atoms with E-state index in [9.17, 15) is 9.90 Å². The van der Waals surface area contributed by atoms with Crippen LogP contribution in [0.2, 0.25) is 0 Å². The third kappa shape index (κ3) is 6.76. The highest BCUT2D eigenvalue weighted by Crippen LogP contribution is 2.16. The van der Waals surface area contributed by atoms with E-state index in [4.69, 9.17) is 9.47 Å². The van der Waals surface area contributed by atoms with Crippen LogP contribution >= 0.6 is 0 Å². The molecule has 0 radical (unpaired) electrons. The molecule has 26 heavy (non-hydrogen) atoms. The topological polar surface area (TPSA) is 67.8 Å². The first kappa shape index (κ1) is 19.8. The number of carbonyl (C=O) groups excluding carboxylic acids is 1. The first-order valence-corrected chi connectivity index (χ1v) is 8.96. The first-order valence-electron chi connectivity index (χ1n) is 8.96. The molecule has 2 rings (SSSR count). The molecule has 0 bridgehead atoms. The maximum atomic E-state index is 11.3. The zero-order chi connectivity index (χ0) is 18.8. The van der Waals surface area contributed by atoms with Gasteiger partial charge in [-0.25, -0.2) is 4.79 Å². The van der Waals surface area contributed by atoms with E-state index in [0.29, 0.717) is 24.1 Å². The standard InChI is InChI=1S/C21H27NO4/c1-3-25-21(24)15-26-19-10-8-17(9-11-19)14-16(2)22-13-12-18-6-4-5-7-20(18)23/h4-11,16,22-23H,3,12-15H2,1-2H3. The van der Waals surface area contributed by atoms with Crippen molar-refractivity contribution in [3.05, 3.63) is 59.7 Å².